The summed E-state index contributed by atoms with van der Waals surface area (Å²) >= 11 is 0. The summed E-state index contributed by atoms with van der Waals surface area (Å²) in [5.74, 6) is -1.20. The number of imide groups is 1. The van der Waals surface area contributed by atoms with E-state index < -0.39 is 30.1 Å². The predicted octanol–water partition coefficient (Wildman–Crippen LogP) is 1.90. The summed E-state index contributed by atoms with van der Waals surface area (Å²) in [6.07, 6.45) is 1.53. The van der Waals surface area contributed by atoms with Crippen LogP contribution in [-0.4, -0.2) is 49.1 Å². The Morgan fingerprint density at radius 3 is 2.82 bits per heavy atom. The molecule has 1 heterocycles. The molecule has 2 N–H and O–H groups in total. The fourth-order valence-corrected chi connectivity index (χ4v) is 3.43. The van der Waals surface area contributed by atoms with Crippen LogP contribution in [0, 0.1) is 0 Å². The molecule has 3 rings (SSSR count). The third-order valence-electron chi connectivity index (χ3n) is 4.89. The molecule has 1 saturated heterocycles. The highest BCUT2D eigenvalue weighted by Crippen LogP contribution is 2.45. The third-order valence-corrected chi connectivity index (χ3v) is 4.89. The van der Waals surface area contributed by atoms with Crippen molar-refractivity contribution in [1.82, 2.24) is 10.2 Å². The van der Waals surface area contributed by atoms with Crippen LogP contribution in [0.1, 0.15) is 37.3 Å². The minimum Gasteiger partial charge on any atom is -0.464 e. The predicted molar refractivity (Wildman–Crippen MR) is 98.6 cm³/mol. The summed E-state index contributed by atoms with van der Waals surface area (Å²) in [5.41, 5.74) is 0.544. The number of aryl methyl sites for hydroxylation is 1. The lowest BCUT2D eigenvalue weighted by Crippen LogP contribution is -2.40. The van der Waals surface area contributed by atoms with Crippen LogP contribution in [0.4, 0.5) is 15.3 Å². The van der Waals surface area contributed by atoms with Crippen molar-refractivity contribution >= 4 is 29.7 Å². The van der Waals surface area contributed by atoms with Crippen molar-refractivity contribution in [2.75, 3.05) is 25.5 Å². The van der Waals surface area contributed by atoms with Gasteiger partial charge in [0.2, 0.25) is 5.60 Å². The summed E-state index contributed by atoms with van der Waals surface area (Å²) in [6.45, 7) is 1.75. The summed E-state index contributed by atoms with van der Waals surface area (Å²) in [4.78, 5) is 49.4. The van der Waals surface area contributed by atoms with Gasteiger partial charge in [-0.2, -0.15) is 0 Å². The van der Waals surface area contributed by atoms with Crippen LogP contribution in [0.25, 0.3) is 0 Å². The van der Waals surface area contributed by atoms with Gasteiger partial charge in [0.05, 0.1) is 6.61 Å². The molecule has 0 bridgehead atoms. The molecule has 1 atom stereocenters. The number of esters is 1. The Morgan fingerprint density at radius 2 is 2.11 bits per heavy atom. The molecule has 1 aliphatic carbocycles. The van der Waals surface area contributed by atoms with Gasteiger partial charge in [0.15, 0.2) is 0 Å². The standard InChI is InChI=1S/C19H23N3O6/c1-3-4-9-27-15(23)11-22-16(24)19(28-18(22)26)8-7-12-10-13(5-6-14(12)19)21-17(25)20-2/h5-6,10H,3-4,7-9,11H2,1-2H3,(H2,20,21,25). The van der Waals surface area contributed by atoms with Gasteiger partial charge < -0.3 is 20.1 Å². The summed E-state index contributed by atoms with van der Waals surface area (Å²) in [5, 5.41) is 5.13. The number of anilines is 1. The highest BCUT2D eigenvalue weighted by Gasteiger charge is 2.58. The van der Waals surface area contributed by atoms with E-state index in [0.29, 0.717) is 24.1 Å². The van der Waals surface area contributed by atoms with Gasteiger partial charge >= 0.3 is 18.1 Å². The maximum Gasteiger partial charge on any atom is 0.418 e. The number of carbonyl (C=O) groups is 4. The zero-order valence-corrected chi connectivity index (χ0v) is 15.9. The van der Waals surface area contributed by atoms with Crippen LogP contribution in [0.2, 0.25) is 0 Å². The first-order chi connectivity index (χ1) is 13.4. The number of nitrogens with zero attached hydrogens (tertiary/aromatic N) is 1. The number of rotatable bonds is 6. The molecule has 4 amide bonds. The molecule has 1 spiro atoms. The molecule has 1 unspecified atom stereocenters. The number of urea groups is 1. The lowest BCUT2D eigenvalue weighted by atomic mass is 9.94. The topological polar surface area (TPSA) is 114 Å². The van der Waals surface area contributed by atoms with E-state index in [-0.39, 0.29) is 19.1 Å². The maximum absolute atomic E-state index is 13.0. The first-order valence-electron chi connectivity index (χ1n) is 9.24. The summed E-state index contributed by atoms with van der Waals surface area (Å²) in [7, 11) is 1.51. The summed E-state index contributed by atoms with van der Waals surface area (Å²) < 4.78 is 10.5. The van der Waals surface area contributed by atoms with Crippen molar-refractivity contribution < 1.29 is 28.7 Å². The van der Waals surface area contributed by atoms with Crippen LogP contribution >= 0.6 is 0 Å². The highest BCUT2D eigenvalue weighted by molar-refractivity contribution is 6.06. The van der Waals surface area contributed by atoms with Crippen LogP contribution in [0.15, 0.2) is 18.2 Å². The van der Waals surface area contributed by atoms with Crippen molar-refractivity contribution in [3.8, 4) is 0 Å². The molecule has 9 heteroatoms. The van der Waals surface area contributed by atoms with E-state index in [4.69, 9.17) is 9.47 Å². The lowest BCUT2D eigenvalue weighted by Gasteiger charge is -2.20. The van der Waals surface area contributed by atoms with Gasteiger partial charge in [-0.15, -0.1) is 0 Å². The van der Waals surface area contributed by atoms with Crippen LogP contribution in [0.3, 0.4) is 0 Å². The van der Waals surface area contributed by atoms with Crippen LogP contribution < -0.4 is 10.6 Å². The van der Waals surface area contributed by atoms with E-state index in [2.05, 4.69) is 10.6 Å². The molecular formula is C19H23N3O6. The highest BCUT2D eigenvalue weighted by atomic mass is 16.6. The molecule has 2 aliphatic rings. The Labute approximate surface area is 162 Å². The van der Waals surface area contributed by atoms with Crippen molar-refractivity contribution in [3.05, 3.63) is 29.3 Å². The van der Waals surface area contributed by atoms with Gasteiger partial charge in [-0.05, 0) is 30.5 Å². The molecular weight excluding hydrogens is 366 g/mol. The Hall–Kier alpha value is -3.10. The largest absolute Gasteiger partial charge is 0.464 e. The fraction of sp³-hybridized carbons (Fsp3) is 0.474. The Morgan fingerprint density at radius 1 is 1.32 bits per heavy atom. The quantitative estimate of drug-likeness (QED) is 0.567. The second-order valence-corrected chi connectivity index (χ2v) is 6.74. The fourth-order valence-electron chi connectivity index (χ4n) is 3.43. The zero-order chi connectivity index (χ0) is 20.3. The molecule has 1 aromatic rings. The number of amides is 4. The molecule has 1 fully saturated rings. The monoisotopic (exact) mass is 389 g/mol. The van der Waals surface area contributed by atoms with E-state index in [9.17, 15) is 19.2 Å². The Kier molecular flexibility index (Phi) is 5.53. The van der Waals surface area contributed by atoms with Gasteiger partial charge in [-0.3, -0.25) is 9.59 Å². The van der Waals surface area contributed by atoms with Crippen molar-refractivity contribution in [2.45, 2.75) is 38.2 Å². The van der Waals surface area contributed by atoms with E-state index in [1.807, 2.05) is 6.92 Å². The maximum atomic E-state index is 13.0. The molecule has 0 aromatic heterocycles. The molecule has 1 aliphatic heterocycles. The summed E-state index contributed by atoms with van der Waals surface area (Å²) in [6, 6.07) is 4.71. The number of carbonyl (C=O) groups excluding carboxylic acids is 4. The average Bonchev–Trinajstić information content (AvgIpc) is 3.14. The normalized spacial score (nSPS) is 20.1. The number of nitrogens with one attached hydrogen (secondary N) is 2. The van der Waals surface area contributed by atoms with Crippen LogP contribution in [0.5, 0.6) is 0 Å². The molecule has 1 aromatic carbocycles. The Bertz CT molecular complexity index is 824. The van der Waals surface area contributed by atoms with E-state index in [1.165, 1.54) is 7.05 Å². The number of ether oxygens (including phenoxy) is 2. The molecule has 0 radical (unpaired) electrons. The van der Waals surface area contributed by atoms with Gasteiger partial charge in [-0.25, -0.2) is 14.5 Å². The zero-order valence-electron chi connectivity index (χ0n) is 15.9. The first kappa shape index (κ1) is 19.7. The van der Waals surface area contributed by atoms with Gasteiger partial charge in [0.1, 0.15) is 6.54 Å². The molecule has 150 valence electrons. The second kappa shape index (κ2) is 7.87. The first-order valence-corrected chi connectivity index (χ1v) is 9.24. The number of unbranched alkanes of at least 4 members (excludes halogenated alkanes) is 1. The van der Waals surface area contributed by atoms with Gasteiger partial charge in [-0.1, -0.05) is 19.4 Å². The minimum absolute atomic E-state index is 0.251. The van der Waals surface area contributed by atoms with Gasteiger partial charge in [0.25, 0.3) is 5.91 Å². The van der Waals surface area contributed by atoms with E-state index >= 15 is 0 Å². The van der Waals surface area contributed by atoms with E-state index in [1.54, 1.807) is 18.2 Å². The SMILES string of the molecule is CCCCOC(=O)CN1C(=O)OC2(CCc3cc(NC(=O)NC)ccc32)C1=O. The number of fused-ring (bicyclic) bond motifs is 2. The second-order valence-electron chi connectivity index (χ2n) is 6.74. The van der Waals surface area contributed by atoms with Crippen molar-refractivity contribution in [2.24, 2.45) is 0 Å². The van der Waals surface area contributed by atoms with Crippen molar-refractivity contribution in [3.63, 3.8) is 0 Å². The van der Waals surface area contributed by atoms with Gasteiger partial charge in [0, 0.05) is 24.7 Å². The average molecular weight is 389 g/mol. The smallest absolute Gasteiger partial charge is 0.418 e. The molecule has 28 heavy (non-hydrogen) atoms. The number of hydrogen-bond donors (Lipinski definition) is 2. The van der Waals surface area contributed by atoms with Crippen LogP contribution in [-0.2, 0) is 31.1 Å². The molecule has 9 nitrogen and oxygen atoms in total. The Balaban J connectivity index is 1.76. The van der Waals surface area contributed by atoms with E-state index in [0.717, 1.165) is 16.9 Å². The number of benzene rings is 1. The lowest BCUT2D eigenvalue weighted by molar-refractivity contribution is -0.148. The molecule has 0 saturated carbocycles. The number of hydrogen-bond acceptors (Lipinski definition) is 6. The van der Waals surface area contributed by atoms with Crippen molar-refractivity contribution in [1.29, 1.82) is 0 Å². The third kappa shape index (κ3) is 3.51. The minimum atomic E-state index is -1.42.